The van der Waals surface area contributed by atoms with Gasteiger partial charge in [-0.15, -0.1) is 0 Å². The molecule has 0 aliphatic carbocycles. The zero-order chi connectivity index (χ0) is 8.01. The molecule has 0 unspecified atom stereocenters. The number of aromatic nitrogens is 1. The molecule has 0 aliphatic rings. The topological polar surface area (TPSA) is 96.1 Å². The van der Waals surface area contributed by atoms with Crippen LogP contribution in [0.3, 0.4) is 0 Å². The second-order valence-electron chi connectivity index (χ2n) is 2.34. The van der Waals surface area contributed by atoms with Crippen LogP contribution in [0.1, 0.15) is 0 Å². The van der Waals surface area contributed by atoms with Gasteiger partial charge in [0.15, 0.2) is 11.5 Å². The minimum absolute atomic E-state index is 0.342. The van der Waals surface area contributed by atoms with Crippen molar-refractivity contribution in [2.45, 2.75) is 0 Å². The molecule has 2 aromatic heterocycles. The van der Waals surface area contributed by atoms with Crippen LogP contribution < -0.4 is 17.3 Å². The van der Waals surface area contributed by atoms with Gasteiger partial charge in [0.05, 0.1) is 0 Å². The van der Waals surface area contributed by atoms with Crippen molar-refractivity contribution in [3.63, 3.8) is 0 Å². The Bertz CT molecular complexity index is 400. The van der Waals surface area contributed by atoms with Crippen molar-refractivity contribution in [2.75, 3.05) is 17.3 Å². The van der Waals surface area contributed by atoms with E-state index in [4.69, 9.17) is 21.7 Å². The van der Waals surface area contributed by atoms with Gasteiger partial charge in [-0.2, -0.15) is 0 Å². The number of furan rings is 1. The highest BCUT2D eigenvalue weighted by Crippen LogP contribution is 2.23. The van der Waals surface area contributed by atoms with Crippen LogP contribution in [-0.4, -0.2) is 4.68 Å². The Morgan fingerprint density at radius 3 is 2.64 bits per heavy atom. The molecule has 5 nitrogen and oxygen atoms in total. The number of nitrogen functional groups attached to an aromatic ring is 3. The average molecular weight is 152 g/mol. The Morgan fingerprint density at radius 1 is 1.27 bits per heavy atom. The van der Waals surface area contributed by atoms with Crippen molar-refractivity contribution in [1.29, 1.82) is 0 Å². The summed E-state index contributed by atoms with van der Waals surface area (Å²) in [5.74, 6) is 6.33. The highest BCUT2D eigenvalue weighted by atomic mass is 16.3. The van der Waals surface area contributed by atoms with Crippen LogP contribution in [-0.2, 0) is 0 Å². The summed E-state index contributed by atoms with van der Waals surface area (Å²) in [4.78, 5) is 0. The van der Waals surface area contributed by atoms with Gasteiger partial charge in [0.1, 0.15) is 11.3 Å². The van der Waals surface area contributed by atoms with Crippen LogP contribution in [0.2, 0.25) is 0 Å². The van der Waals surface area contributed by atoms with E-state index in [-0.39, 0.29) is 0 Å². The molecule has 0 aliphatic heterocycles. The van der Waals surface area contributed by atoms with Crippen LogP contribution in [0.25, 0.3) is 11.1 Å². The second kappa shape index (κ2) is 1.63. The molecule has 2 aromatic rings. The van der Waals surface area contributed by atoms with Crippen LogP contribution >= 0.6 is 0 Å². The van der Waals surface area contributed by atoms with E-state index in [1.807, 2.05) is 0 Å². The van der Waals surface area contributed by atoms with E-state index in [1.165, 1.54) is 4.68 Å². The quantitative estimate of drug-likeness (QED) is 0.467. The molecule has 2 rings (SSSR count). The molecule has 0 saturated heterocycles. The lowest BCUT2D eigenvalue weighted by Crippen LogP contribution is -2.10. The summed E-state index contributed by atoms with van der Waals surface area (Å²) in [7, 11) is 0. The van der Waals surface area contributed by atoms with Crippen LogP contribution in [0.4, 0.5) is 11.7 Å². The fourth-order valence-electron chi connectivity index (χ4n) is 1.05. The predicted molar refractivity (Wildman–Crippen MR) is 43.2 cm³/mol. The maximum absolute atomic E-state index is 5.53. The van der Waals surface area contributed by atoms with Crippen LogP contribution in [0, 0.1) is 0 Å². The minimum atomic E-state index is 0.342. The Kier molecular flexibility index (Phi) is 0.883. The minimum Gasteiger partial charge on any atom is -0.439 e. The highest BCUT2D eigenvalue weighted by molar-refractivity contribution is 5.82. The largest absolute Gasteiger partial charge is 0.439 e. The average Bonchev–Trinajstić information content (AvgIpc) is 2.37. The number of hydrogen-bond acceptors (Lipinski definition) is 4. The van der Waals surface area contributed by atoms with Crippen molar-refractivity contribution in [3.05, 3.63) is 12.1 Å². The predicted octanol–water partition coefficient (Wildman–Crippen LogP) is 0.112. The van der Waals surface area contributed by atoms with Crippen molar-refractivity contribution in [1.82, 2.24) is 4.68 Å². The summed E-state index contributed by atoms with van der Waals surface area (Å²) in [5, 5.41) is 0. The number of anilines is 2. The molecular weight excluding hydrogens is 144 g/mol. The number of nitrogens with two attached hydrogens (primary N) is 3. The van der Waals surface area contributed by atoms with Gasteiger partial charge in [0.2, 0.25) is 0 Å². The Balaban J connectivity index is 2.88. The molecule has 0 bridgehead atoms. The lowest BCUT2D eigenvalue weighted by Gasteiger charge is -1.93. The second-order valence-corrected chi connectivity index (χ2v) is 2.34. The van der Waals surface area contributed by atoms with Crippen LogP contribution in [0.15, 0.2) is 16.5 Å². The van der Waals surface area contributed by atoms with Gasteiger partial charge in [-0.1, -0.05) is 0 Å². The summed E-state index contributed by atoms with van der Waals surface area (Å²) >= 11 is 0. The SMILES string of the molecule is Nc1cc2c(cc(N)n2N)o1. The van der Waals surface area contributed by atoms with E-state index < -0.39 is 0 Å². The van der Waals surface area contributed by atoms with Gasteiger partial charge in [0, 0.05) is 12.1 Å². The van der Waals surface area contributed by atoms with E-state index >= 15 is 0 Å². The zero-order valence-electron chi connectivity index (χ0n) is 5.74. The monoisotopic (exact) mass is 152 g/mol. The van der Waals surface area contributed by atoms with E-state index in [0.29, 0.717) is 22.8 Å². The van der Waals surface area contributed by atoms with E-state index in [0.717, 1.165) is 0 Å². The lowest BCUT2D eigenvalue weighted by molar-refractivity contribution is 0.638. The summed E-state index contributed by atoms with van der Waals surface area (Å²) in [6.45, 7) is 0. The van der Waals surface area contributed by atoms with Gasteiger partial charge < -0.3 is 21.7 Å². The van der Waals surface area contributed by atoms with Gasteiger partial charge in [-0.25, -0.2) is 4.68 Å². The fourth-order valence-corrected chi connectivity index (χ4v) is 1.05. The molecule has 0 spiro atoms. The first-order chi connectivity index (χ1) is 5.18. The van der Waals surface area contributed by atoms with Crippen molar-refractivity contribution < 1.29 is 4.42 Å². The maximum Gasteiger partial charge on any atom is 0.193 e. The number of nitrogens with zero attached hydrogens (tertiary/aromatic N) is 1. The maximum atomic E-state index is 5.53. The number of fused-ring (bicyclic) bond motifs is 1. The molecule has 58 valence electrons. The lowest BCUT2D eigenvalue weighted by atomic mass is 10.5. The standard InChI is InChI=1S/C6H8N4O/c7-5-2-4-3(10(5)9)1-6(8)11-4/h1-2H,7-9H2. The van der Waals surface area contributed by atoms with Crippen molar-refractivity contribution in [2.24, 2.45) is 0 Å². The van der Waals surface area contributed by atoms with E-state index in [2.05, 4.69) is 0 Å². The molecule has 5 heteroatoms. The number of rotatable bonds is 0. The van der Waals surface area contributed by atoms with Gasteiger partial charge in [0.25, 0.3) is 0 Å². The summed E-state index contributed by atoms with van der Waals surface area (Å²) < 4.78 is 6.40. The molecule has 2 heterocycles. The van der Waals surface area contributed by atoms with Gasteiger partial charge in [-0.05, 0) is 0 Å². The molecule has 6 N–H and O–H groups in total. The molecule has 0 radical (unpaired) electrons. The Morgan fingerprint density at radius 2 is 2.00 bits per heavy atom. The van der Waals surface area contributed by atoms with E-state index in [9.17, 15) is 0 Å². The smallest absolute Gasteiger partial charge is 0.193 e. The summed E-state index contributed by atoms with van der Waals surface area (Å²) in [6.07, 6.45) is 0. The molecule has 0 fully saturated rings. The van der Waals surface area contributed by atoms with Crippen molar-refractivity contribution >= 4 is 22.8 Å². The summed E-state index contributed by atoms with van der Waals surface area (Å²) in [6, 6.07) is 3.26. The Hall–Kier alpha value is -1.78. The van der Waals surface area contributed by atoms with Gasteiger partial charge in [-0.3, -0.25) is 0 Å². The first-order valence-electron chi connectivity index (χ1n) is 3.10. The fraction of sp³-hybridized carbons (Fsp3) is 0. The zero-order valence-corrected chi connectivity index (χ0v) is 5.74. The molecule has 11 heavy (non-hydrogen) atoms. The molecule has 0 atom stereocenters. The third-order valence-electron chi connectivity index (χ3n) is 1.58. The highest BCUT2D eigenvalue weighted by Gasteiger charge is 2.07. The Labute approximate surface area is 62.3 Å². The molecule has 0 amide bonds. The van der Waals surface area contributed by atoms with Gasteiger partial charge >= 0.3 is 0 Å². The normalized spacial score (nSPS) is 10.9. The summed E-state index contributed by atoms with van der Waals surface area (Å²) in [5.41, 5.74) is 12.2. The van der Waals surface area contributed by atoms with Crippen LogP contribution in [0.5, 0.6) is 0 Å². The first kappa shape index (κ1) is 5.96. The molecular formula is C6H8N4O. The van der Waals surface area contributed by atoms with E-state index in [1.54, 1.807) is 12.1 Å². The third kappa shape index (κ3) is 0.644. The molecule has 0 saturated carbocycles. The van der Waals surface area contributed by atoms with Crippen molar-refractivity contribution in [3.8, 4) is 0 Å². The molecule has 0 aromatic carbocycles. The first-order valence-corrected chi connectivity index (χ1v) is 3.10. The third-order valence-corrected chi connectivity index (χ3v) is 1.58. The number of hydrogen-bond donors (Lipinski definition) is 3.